The summed E-state index contributed by atoms with van der Waals surface area (Å²) in [4.78, 5) is 16.5. The lowest BCUT2D eigenvalue weighted by Gasteiger charge is -2.36. The monoisotopic (exact) mass is 380 g/mol. The minimum absolute atomic E-state index is 0.0308. The normalized spacial score (nSPS) is 14.6. The van der Waals surface area contributed by atoms with Crippen molar-refractivity contribution in [2.75, 3.05) is 31.1 Å². The van der Waals surface area contributed by atoms with Crippen LogP contribution in [0, 0.1) is 0 Å². The molecular weight excluding hydrogens is 362 g/mol. The van der Waals surface area contributed by atoms with Gasteiger partial charge in [-0.1, -0.05) is 23.7 Å². The van der Waals surface area contributed by atoms with Gasteiger partial charge in [0.25, 0.3) is 0 Å². The molecule has 1 aliphatic heterocycles. The molecule has 1 amide bonds. The summed E-state index contributed by atoms with van der Waals surface area (Å²) in [5.74, 6) is 0.121. The summed E-state index contributed by atoms with van der Waals surface area (Å²) in [5.41, 5.74) is 1.87. The molecule has 1 fully saturated rings. The fourth-order valence-electron chi connectivity index (χ4n) is 2.94. The van der Waals surface area contributed by atoms with Crippen LogP contribution >= 0.6 is 11.6 Å². The van der Waals surface area contributed by atoms with Crippen molar-refractivity contribution in [1.29, 1.82) is 0 Å². The average molecular weight is 381 g/mol. The lowest BCUT2D eigenvalue weighted by molar-refractivity contribution is -0.130. The number of nitrogens with zero attached hydrogens (tertiary/aromatic N) is 2. The van der Waals surface area contributed by atoms with Gasteiger partial charge in [0.15, 0.2) is 0 Å². The summed E-state index contributed by atoms with van der Waals surface area (Å²) < 4.78 is 28.6. The summed E-state index contributed by atoms with van der Waals surface area (Å²) in [5, 5.41) is 0.701. The molecule has 0 bridgehead atoms. The van der Waals surface area contributed by atoms with Gasteiger partial charge < -0.3 is 14.5 Å². The van der Waals surface area contributed by atoms with Crippen LogP contribution in [0.4, 0.5) is 14.5 Å². The van der Waals surface area contributed by atoms with E-state index in [0.717, 1.165) is 24.3 Å². The predicted octanol–water partition coefficient (Wildman–Crippen LogP) is 3.83. The standard InChI is InChI=1S/C19H19ClF2N2O2/c20-15-3-5-16(6-4-15)23-9-11-24(12-10-23)18(25)13-14-1-7-17(8-2-14)26-19(21)22/h1-8,19H,9-13H2. The molecule has 0 aliphatic carbocycles. The van der Waals surface area contributed by atoms with E-state index in [1.165, 1.54) is 12.1 Å². The molecule has 2 aromatic carbocycles. The molecule has 0 saturated carbocycles. The van der Waals surface area contributed by atoms with E-state index in [-0.39, 0.29) is 18.1 Å². The Morgan fingerprint density at radius 1 is 1.00 bits per heavy atom. The quantitative estimate of drug-likeness (QED) is 0.790. The van der Waals surface area contributed by atoms with Gasteiger partial charge >= 0.3 is 6.61 Å². The molecule has 138 valence electrons. The number of hydrogen-bond donors (Lipinski definition) is 0. The zero-order chi connectivity index (χ0) is 18.5. The Labute approximate surface area is 155 Å². The van der Waals surface area contributed by atoms with Crippen LogP contribution in [0.3, 0.4) is 0 Å². The van der Waals surface area contributed by atoms with Crippen molar-refractivity contribution in [2.45, 2.75) is 13.0 Å². The molecule has 0 N–H and O–H groups in total. The Hall–Kier alpha value is -2.34. The molecule has 2 aromatic rings. The van der Waals surface area contributed by atoms with E-state index in [0.29, 0.717) is 18.1 Å². The highest BCUT2D eigenvalue weighted by atomic mass is 35.5. The number of hydrogen-bond acceptors (Lipinski definition) is 3. The van der Waals surface area contributed by atoms with Crippen LogP contribution in [0.25, 0.3) is 0 Å². The maximum Gasteiger partial charge on any atom is 0.387 e. The second-order valence-corrected chi connectivity index (χ2v) is 6.48. The fraction of sp³-hybridized carbons (Fsp3) is 0.316. The Bertz CT molecular complexity index is 730. The van der Waals surface area contributed by atoms with Gasteiger partial charge in [-0.3, -0.25) is 4.79 Å². The smallest absolute Gasteiger partial charge is 0.387 e. The summed E-state index contributed by atoms with van der Waals surface area (Å²) in [6, 6.07) is 13.8. The zero-order valence-electron chi connectivity index (χ0n) is 14.1. The van der Waals surface area contributed by atoms with Crippen LogP contribution < -0.4 is 9.64 Å². The van der Waals surface area contributed by atoms with Crippen molar-refractivity contribution in [3.8, 4) is 5.75 Å². The van der Waals surface area contributed by atoms with Crippen molar-refractivity contribution in [3.05, 3.63) is 59.1 Å². The minimum Gasteiger partial charge on any atom is -0.435 e. The van der Waals surface area contributed by atoms with Crippen LogP contribution in [-0.4, -0.2) is 43.6 Å². The van der Waals surface area contributed by atoms with E-state index in [2.05, 4.69) is 9.64 Å². The number of benzene rings is 2. The van der Waals surface area contributed by atoms with E-state index >= 15 is 0 Å². The minimum atomic E-state index is -2.85. The van der Waals surface area contributed by atoms with E-state index in [1.54, 1.807) is 12.1 Å². The van der Waals surface area contributed by atoms with E-state index in [1.807, 2.05) is 29.2 Å². The van der Waals surface area contributed by atoms with Gasteiger partial charge in [0.05, 0.1) is 6.42 Å². The summed E-state index contributed by atoms with van der Waals surface area (Å²) in [7, 11) is 0. The number of anilines is 1. The SMILES string of the molecule is O=C(Cc1ccc(OC(F)F)cc1)N1CCN(c2ccc(Cl)cc2)CC1. The molecule has 0 atom stereocenters. The highest BCUT2D eigenvalue weighted by Gasteiger charge is 2.21. The topological polar surface area (TPSA) is 32.8 Å². The van der Waals surface area contributed by atoms with Crippen LogP contribution in [0.2, 0.25) is 5.02 Å². The first-order chi connectivity index (χ1) is 12.5. The molecule has 0 spiro atoms. The molecular formula is C19H19ClF2N2O2. The third-order valence-electron chi connectivity index (χ3n) is 4.33. The van der Waals surface area contributed by atoms with Gasteiger partial charge in [-0.25, -0.2) is 0 Å². The molecule has 1 saturated heterocycles. The highest BCUT2D eigenvalue weighted by molar-refractivity contribution is 6.30. The number of amides is 1. The third-order valence-corrected chi connectivity index (χ3v) is 4.58. The average Bonchev–Trinajstić information content (AvgIpc) is 2.64. The Morgan fingerprint density at radius 2 is 1.62 bits per heavy atom. The largest absolute Gasteiger partial charge is 0.435 e. The van der Waals surface area contributed by atoms with Gasteiger partial charge in [-0.05, 0) is 42.0 Å². The van der Waals surface area contributed by atoms with Gasteiger partial charge in [0.1, 0.15) is 5.75 Å². The molecule has 3 rings (SSSR count). The first-order valence-corrected chi connectivity index (χ1v) is 8.71. The van der Waals surface area contributed by atoms with Crippen molar-refractivity contribution < 1.29 is 18.3 Å². The number of ether oxygens (including phenoxy) is 1. The van der Waals surface area contributed by atoms with Gasteiger partial charge in [0.2, 0.25) is 5.91 Å². The summed E-state index contributed by atoms with van der Waals surface area (Å²) in [6.07, 6.45) is 0.246. The zero-order valence-corrected chi connectivity index (χ0v) is 14.8. The first-order valence-electron chi connectivity index (χ1n) is 8.33. The maximum absolute atomic E-state index is 12.5. The third kappa shape index (κ3) is 4.85. The van der Waals surface area contributed by atoms with Crippen LogP contribution in [0.1, 0.15) is 5.56 Å². The second-order valence-electron chi connectivity index (χ2n) is 6.04. The summed E-state index contributed by atoms with van der Waals surface area (Å²) in [6.45, 7) is -0.0371. The second kappa shape index (κ2) is 8.36. The Balaban J connectivity index is 1.51. The number of carbonyl (C=O) groups is 1. The highest BCUT2D eigenvalue weighted by Crippen LogP contribution is 2.20. The molecule has 1 heterocycles. The van der Waals surface area contributed by atoms with Crippen molar-refractivity contribution in [1.82, 2.24) is 4.90 Å². The molecule has 0 aromatic heterocycles. The van der Waals surface area contributed by atoms with Crippen LogP contribution in [0.15, 0.2) is 48.5 Å². The van der Waals surface area contributed by atoms with Crippen LogP contribution in [-0.2, 0) is 11.2 Å². The van der Waals surface area contributed by atoms with Crippen molar-refractivity contribution in [2.24, 2.45) is 0 Å². The molecule has 4 nitrogen and oxygen atoms in total. The number of piperazine rings is 1. The number of carbonyl (C=O) groups excluding carboxylic acids is 1. The lowest BCUT2D eigenvalue weighted by Crippen LogP contribution is -2.49. The number of rotatable bonds is 5. The molecule has 1 aliphatic rings. The molecule has 7 heteroatoms. The predicted molar refractivity (Wildman–Crippen MR) is 97.0 cm³/mol. The van der Waals surface area contributed by atoms with E-state index < -0.39 is 6.61 Å². The fourth-order valence-corrected chi connectivity index (χ4v) is 3.07. The van der Waals surface area contributed by atoms with Crippen molar-refractivity contribution >= 4 is 23.2 Å². The van der Waals surface area contributed by atoms with Crippen molar-refractivity contribution in [3.63, 3.8) is 0 Å². The molecule has 0 unspecified atom stereocenters. The van der Waals surface area contributed by atoms with Gasteiger partial charge in [0, 0.05) is 36.9 Å². The first kappa shape index (κ1) is 18.5. The van der Waals surface area contributed by atoms with Crippen LogP contribution in [0.5, 0.6) is 5.75 Å². The Kier molecular flexibility index (Phi) is 5.93. The summed E-state index contributed by atoms with van der Waals surface area (Å²) >= 11 is 5.91. The van der Waals surface area contributed by atoms with Gasteiger partial charge in [-0.2, -0.15) is 8.78 Å². The lowest BCUT2D eigenvalue weighted by atomic mass is 10.1. The van der Waals surface area contributed by atoms with E-state index in [9.17, 15) is 13.6 Å². The maximum atomic E-state index is 12.5. The Morgan fingerprint density at radius 3 is 2.19 bits per heavy atom. The molecule has 26 heavy (non-hydrogen) atoms. The molecule has 0 radical (unpaired) electrons. The van der Waals surface area contributed by atoms with Gasteiger partial charge in [-0.15, -0.1) is 0 Å². The number of alkyl halides is 2. The van der Waals surface area contributed by atoms with E-state index in [4.69, 9.17) is 11.6 Å². The number of halogens is 3.